The first-order valence-electron chi connectivity index (χ1n) is 12.3. The van der Waals surface area contributed by atoms with Gasteiger partial charge < -0.3 is 29.2 Å². The molecule has 0 radical (unpaired) electrons. The maximum absolute atomic E-state index is 6.48. The van der Waals surface area contributed by atoms with Crippen molar-refractivity contribution in [1.82, 2.24) is 5.32 Å². The Morgan fingerprint density at radius 1 is 1.12 bits per heavy atom. The van der Waals surface area contributed by atoms with Crippen molar-refractivity contribution in [2.45, 2.75) is 44.8 Å². The number of piperidine rings is 1. The predicted octanol–water partition coefficient (Wildman–Crippen LogP) is 4.37. The van der Waals surface area contributed by atoms with Crippen molar-refractivity contribution >= 4 is 5.69 Å². The standard InChI is InChI=1S/C27H38N2O4/c1-3-15-31-23-8-6-22(7-9-23)24-11-12-28-19-27(24)33-20-21-5-10-26-25(18-21)29(14-17-32-26)13-4-16-30-2/h5-10,18,24,27-28H,3-4,11-17,19-20H2,1-2H3/t24-,27+/m1/s1. The normalized spacial score (nSPS) is 20.2. The molecule has 2 aliphatic rings. The highest BCUT2D eigenvalue weighted by Crippen LogP contribution is 2.34. The van der Waals surface area contributed by atoms with Gasteiger partial charge in [0.1, 0.15) is 18.1 Å². The van der Waals surface area contributed by atoms with Gasteiger partial charge in [0.15, 0.2) is 0 Å². The molecule has 4 rings (SSSR count). The molecule has 6 heteroatoms. The minimum Gasteiger partial charge on any atom is -0.494 e. The summed E-state index contributed by atoms with van der Waals surface area (Å²) in [5.41, 5.74) is 3.68. The highest BCUT2D eigenvalue weighted by Gasteiger charge is 2.27. The van der Waals surface area contributed by atoms with Crippen LogP contribution in [0.4, 0.5) is 5.69 Å². The van der Waals surface area contributed by atoms with Gasteiger partial charge in [0.05, 0.1) is 31.5 Å². The van der Waals surface area contributed by atoms with Gasteiger partial charge in [0, 0.05) is 32.7 Å². The molecule has 6 nitrogen and oxygen atoms in total. The molecule has 0 spiro atoms. The van der Waals surface area contributed by atoms with Crippen LogP contribution in [0.1, 0.15) is 43.2 Å². The van der Waals surface area contributed by atoms with Crippen LogP contribution in [0.15, 0.2) is 42.5 Å². The smallest absolute Gasteiger partial charge is 0.142 e. The molecule has 0 saturated carbocycles. The summed E-state index contributed by atoms with van der Waals surface area (Å²) in [6.45, 7) is 8.76. The molecular weight excluding hydrogens is 416 g/mol. The first-order valence-corrected chi connectivity index (χ1v) is 12.3. The molecule has 0 aromatic heterocycles. The third kappa shape index (κ3) is 6.40. The van der Waals surface area contributed by atoms with Crippen LogP contribution >= 0.6 is 0 Å². The van der Waals surface area contributed by atoms with E-state index in [0.29, 0.717) is 12.5 Å². The highest BCUT2D eigenvalue weighted by molar-refractivity contribution is 5.61. The topological polar surface area (TPSA) is 52.2 Å². The van der Waals surface area contributed by atoms with Crippen molar-refractivity contribution in [3.8, 4) is 11.5 Å². The molecule has 0 aliphatic carbocycles. The molecule has 0 amide bonds. The number of nitrogens with zero attached hydrogens (tertiary/aromatic N) is 1. The van der Waals surface area contributed by atoms with E-state index in [1.54, 1.807) is 7.11 Å². The number of nitrogens with one attached hydrogen (secondary N) is 1. The number of rotatable bonds is 11. The number of methoxy groups -OCH3 is 1. The van der Waals surface area contributed by atoms with Crippen LogP contribution in [0.2, 0.25) is 0 Å². The number of fused-ring (bicyclic) bond motifs is 1. The van der Waals surface area contributed by atoms with Gasteiger partial charge in [-0.3, -0.25) is 0 Å². The number of hydrogen-bond donors (Lipinski definition) is 1. The van der Waals surface area contributed by atoms with E-state index in [9.17, 15) is 0 Å². The maximum atomic E-state index is 6.48. The zero-order valence-corrected chi connectivity index (χ0v) is 20.1. The van der Waals surface area contributed by atoms with Crippen LogP contribution in [-0.2, 0) is 16.1 Å². The molecule has 0 unspecified atom stereocenters. The average Bonchev–Trinajstić information content (AvgIpc) is 2.87. The molecule has 180 valence electrons. The lowest BCUT2D eigenvalue weighted by atomic mass is 9.87. The monoisotopic (exact) mass is 454 g/mol. The van der Waals surface area contributed by atoms with E-state index in [-0.39, 0.29) is 6.10 Å². The van der Waals surface area contributed by atoms with E-state index in [2.05, 4.69) is 59.6 Å². The van der Waals surface area contributed by atoms with Crippen LogP contribution in [-0.4, -0.2) is 59.2 Å². The summed E-state index contributed by atoms with van der Waals surface area (Å²) in [4.78, 5) is 2.40. The maximum Gasteiger partial charge on any atom is 0.142 e. The number of benzene rings is 2. The van der Waals surface area contributed by atoms with Crippen molar-refractivity contribution in [3.05, 3.63) is 53.6 Å². The Labute approximate surface area is 198 Å². The molecule has 1 N–H and O–H groups in total. The third-order valence-electron chi connectivity index (χ3n) is 6.43. The summed E-state index contributed by atoms with van der Waals surface area (Å²) >= 11 is 0. The van der Waals surface area contributed by atoms with Crippen LogP contribution in [0, 0.1) is 0 Å². The third-order valence-corrected chi connectivity index (χ3v) is 6.43. The van der Waals surface area contributed by atoms with E-state index < -0.39 is 0 Å². The van der Waals surface area contributed by atoms with Gasteiger partial charge in [-0.15, -0.1) is 0 Å². The summed E-state index contributed by atoms with van der Waals surface area (Å²) in [7, 11) is 1.75. The van der Waals surface area contributed by atoms with E-state index in [4.69, 9.17) is 18.9 Å². The van der Waals surface area contributed by atoms with Crippen molar-refractivity contribution in [2.24, 2.45) is 0 Å². The van der Waals surface area contributed by atoms with E-state index in [0.717, 1.165) is 76.8 Å². The Bertz CT molecular complexity index is 858. The van der Waals surface area contributed by atoms with E-state index in [1.807, 2.05) is 0 Å². The molecule has 2 aromatic carbocycles. The molecule has 0 bridgehead atoms. The fraction of sp³-hybridized carbons (Fsp3) is 0.556. The fourth-order valence-electron chi connectivity index (χ4n) is 4.66. The van der Waals surface area contributed by atoms with Crippen molar-refractivity contribution in [3.63, 3.8) is 0 Å². The molecule has 2 heterocycles. The van der Waals surface area contributed by atoms with Crippen LogP contribution in [0.25, 0.3) is 0 Å². The Morgan fingerprint density at radius 2 is 2.00 bits per heavy atom. The van der Waals surface area contributed by atoms with Gasteiger partial charge in [-0.05, 0) is 61.2 Å². The van der Waals surface area contributed by atoms with Gasteiger partial charge in [-0.2, -0.15) is 0 Å². The zero-order chi connectivity index (χ0) is 22.9. The first-order chi connectivity index (χ1) is 16.3. The van der Waals surface area contributed by atoms with E-state index in [1.165, 1.54) is 16.8 Å². The highest BCUT2D eigenvalue weighted by atomic mass is 16.5. The molecule has 2 atom stereocenters. The number of hydrogen-bond acceptors (Lipinski definition) is 6. The second-order valence-corrected chi connectivity index (χ2v) is 8.85. The average molecular weight is 455 g/mol. The summed E-state index contributed by atoms with van der Waals surface area (Å²) in [6, 6.07) is 15.0. The van der Waals surface area contributed by atoms with Gasteiger partial charge in [0.2, 0.25) is 0 Å². The minimum atomic E-state index is 0.145. The Balaban J connectivity index is 1.39. The number of ether oxygens (including phenoxy) is 4. The molecule has 1 saturated heterocycles. The van der Waals surface area contributed by atoms with Crippen LogP contribution in [0.5, 0.6) is 11.5 Å². The molecule has 2 aromatic rings. The molecule has 1 fully saturated rings. The van der Waals surface area contributed by atoms with Gasteiger partial charge >= 0.3 is 0 Å². The summed E-state index contributed by atoms with van der Waals surface area (Å²) in [5.74, 6) is 2.29. The Kier molecular flexibility index (Phi) is 8.86. The minimum absolute atomic E-state index is 0.145. The molecule has 2 aliphatic heterocycles. The molecule has 33 heavy (non-hydrogen) atoms. The van der Waals surface area contributed by atoms with Crippen molar-refractivity contribution < 1.29 is 18.9 Å². The van der Waals surface area contributed by atoms with Crippen molar-refractivity contribution in [2.75, 3.05) is 58.0 Å². The predicted molar refractivity (Wildman–Crippen MR) is 132 cm³/mol. The van der Waals surface area contributed by atoms with Crippen LogP contribution in [0.3, 0.4) is 0 Å². The largest absolute Gasteiger partial charge is 0.494 e. The summed E-state index contributed by atoms with van der Waals surface area (Å²) < 4.78 is 23.3. The second-order valence-electron chi connectivity index (χ2n) is 8.85. The van der Waals surface area contributed by atoms with Gasteiger partial charge in [-0.25, -0.2) is 0 Å². The first kappa shape index (κ1) is 23.9. The lowest BCUT2D eigenvalue weighted by molar-refractivity contribution is 0.0106. The zero-order valence-electron chi connectivity index (χ0n) is 20.1. The van der Waals surface area contributed by atoms with Gasteiger partial charge in [0.25, 0.3) is 0 Å². The quantitative estimate of drug-likeness (QED) is 0.509. The summed E-state index contributed by atoms with van der Waals surface area (Å²) in [5, 5.41) is 3.51. The second kappa shape index (κ2) is 12.3. The Hall–Kier alpha value is -2.28. The SMILES string of the molecule is CCCOc1ccc([C@H]2CCNC[C@@H]2OCc2ccc3c(c2)N(CCCOC)CCO3)cc1. The van der Waals surface area contributed by atoms with Crippen molar-refractivity contribution in [1.29, 1.82) is 0 Å². The van der Waals surface area contributed by atoms with Gasteiger partial charge in [-0.1, -0.05) is 25.1 Å². The van der Waals surface area contributed by atoms with Crippen LogP contribution < -0.4 is 19.7 Å². The summed E-state index contributed by atoms with van der Waals surface area (Å²) in [6.07, 6.45) is 3.25. The van der Waals surface area contributed by atoms with E-state index >= 15 is 0 Å². The number of anilines is 1. The molecular formula is C27H38N2O4. The fourth-order valence-corrected chi connectivity index (χ4v) is 4.66. The lowest BCUT2D eigenvalue weighted by Gasteiger charge is -2.33. The lowest BCUT2D eigenvalue weighted by Crippen LogP contribution is -2.41. The Morgan fingerprint density at radius 3 is 2.82 bits per heavy atom.